The van der Waals surface area contributed by atoms with E-state index in [-0.39, 0.29) is 5.91 Å². The van der Waals surface area contributed by atoms with E-state index in [0.29, 0.717) is 11.6 Å². The van der Waals surface area contributed by atoms with Crippen LogP contribution < -0.4 is 16.0 Å². The second kappa shape index (κ2) is 6.88. The summed E-state index contributed by atoms with van der Waals surface area (Å²) >= 11 is 0. The third-order valence-electron chi connectivity index (χ3n) is 4.19. The Kier molecular flexibility index (Phi) is 4.66. The van der Waals surface area contributed by atoms with E-state index in [9.17, 15) is 4.79 Å². The van der Waals surface area contributed by atoms with E-state index in [4.69, 9.17) is 10.3 Å². The molecule has 128 valence electrons. The molecule has 1 amide bonds. The Bertz CT molecular complexity index is 721. The van der Waals surface area contributed by atoms with Gasteiger partial charge in [-0.15, -0.1) is 0 Å². The number of hydrogen-bond donors (Lipinski definition) is 2. The predicted molar refractivity (Wildman–Crippen MR) is 90.8 cm³/mol. The number of aromatic nitrogens is 2. The fourth-order valence-corrected chi connectivity index (χ4v) is 2.92. The molecule has 0 spiro atoms. The second-order valence-electron chi connectivity index (χ2n) is 5.86. The summed E-state index contributed by atoms with van der Waals surface area (Å²) in [5.74, 6) is 0.183. The lowest BCUT2D eigenvalue weighted by Gasteiger charge is -2.36. The van der Waals surface area contributed by atoms with Gasteiger partial charge in [0.25, 0.3) is 5.91 Å². The van der Waals surface area contributed by atoms with E-state index in [1.165, 1.54) is 0 Å². The second-order valence-corrected chi connectivity index (χ2v) is 5.86. The molecule has 0 unspecified atom stereocenters. The van der Waals surface area contributed by atoms with E-state index in [1.54, 1.807) is 19.2 Å². The molecule has 2 aromatic heterocycles. The zero-order valence-corrected chi connectivity index (χ0v) is 14.0. The van der Waals surface area contributed by atoms with Crippen molar-refractivity contribution in [3.05, 3.63) is 35.3 Å². The van der Waals surface area contributed by atoms with Crippen LogP contribution in [0.4, 0.5) is 11.6 Å². The van der Waals surface area contributed by atoms with Crippen LogP contribution in [-0.4, -0.2) is 54.2 Å². The van der Waals surface area contributed by atoms with E-state index in [2.05, 4.69) is 25.3 Å². The van der Waals surface area contributed by atoms with Crippen LogP contribution in [0.5, 0.6) is 0 Å². The van der Waals surface area contributed by atoms with Gasteiger partial charge in [-0.25, -0.2) is 4.98 Å². The van der Waals surface area contributed by atoms with E-state index in [0.717, 1.165) is 49.8 Å². The molecule has 3 rings (SSSR count). The number of nitrogen functional groups attached to an aromatic ring is 1. The minimum Gasteiger partial charge on any atom is -0.368 e. The van der Waals surface area contributed by atoms with Crippen LogP contribution in [0, 0.1) is 6.92 Å². The lowest BCUT2D eigenvalue weighted by atomic mass is 10.2. The Balaban J connectivity index is 1.61. The van der Waals surface area contributed by atoms with Crippen LogP contribution >= 0.6 is 0 Å². The monoisotopic (exact) mass is 330 g/mol. The Morgan fingerprint density at radius 2 is 2.08 bits per heavy atom. The molecule has 0 atom stereocenters. The maximum Gasteiger partial charge on any atom is 0.269 e. The molecule has 1 aliphatic rings. The quantitative estimate of drug-likeness (QED) is 0.848. The average Bonchev–Trinajstić information content (AvgIpc) is 3.00. The lowest BCUT2D eigenvalue weighted by molar-refractivity contribution is 0.0958. The van der Waals surface area contributed by atoms with Crippen molar-refractivity contribution in [3.8, 4) is 0 Å². The van der Waals surface area contributed by atoms with Crippen LogP contribution in [-0.2, 0) is 6.54 Å². The van der Waals surface area contributed by atoms with Gasteiger partial charge in [-0.3, -0.25) is 9.69 Å². The molecule has 0 radical (unpaired) electrons. The van der Waals surface area contributed by atoms with Crippen molar-refractivity contribution in [3.63, 3.8) is 0 Å². The third-order valence-corrected chi connectivity index (χ3v) is 4.19. The number of pyridine rings is 1. The highest BCUT2D eigenvalue weighted by Gasteiger charge is 2.20. The number of aryl methyl sites for hydroxylation is 1. The van der Waals surface area contributed by atoms with Crippen molar-refractivity contribution in [2.75, 3.05) is 43.9 Å². The van der Waals surface area contributed by atoms with Crippen molar-refractivity contribution in [1.82, 2.24) is 20.4 Å². The van der Waals surface area contributed by atoms with Gasteiger partial charge in [0.2, 0.25) is 5.88 Å². The minimum atomic E-state index is -0.165. The third kappa shape index (κ3) is 3.48. The van der Waals surface area contributed by atoms with E-state index in [1.807, 2.05) is 13.0 Å². The molecule has 0 aliphatic carbocycles. The number of anilines is 2. The van der Waals surface area contributed by atoms with Crippen LogP contribution in [0.15, 0.2) is 22.7 Å². The first-order valence-corrected chi connectivity index (χ1v) is 7.95. The maximum atomic E-state index is 11.7. The molecule has 1 saturated heterocycles. The van der Waals surface area contributed by atoms with Gasteiger partial charge in [-0.2, -0.15) is 0 Å². The number of carbonyl (C=O) groups is 1. The molecule has 1 fully saturated rings. The average molecular weight is 330 g/mol. The summed E-state index contributed by atoms with van der Waals surface area (Å²) in [6, 6.07) is 5.50. The SMILES string of the molecule is CNC(=O)c1ccc(N2CCN(Cc3cc(N)on3)CC2)c(C)n1. The fourth-order valence-electron chi connectivity index (χ4n) is 2.92. The molecule has 0 saturated carbocycles. The van der Waals surface area contributed by atoms with Crippen molar-refractivity contribution in [2.24, 2.45) is 0 Å². The summed E-state index contributed by atoms with van der Waals surface area (Å²) in [6.45, 7) is 6.31. The zero-order valence-electron chi connectivity index (χ0n) is 14.0. The van der Waals surface area contributed by atoms with Crippen molar-refractivity contribution in [2.45, 2.75) is 13.5 Å². The van der Waals surface area contributed by atoms with E-state index < -0.39 is 0 Å². The molecule has 0 aromatic carbocycles. The normalized spacial score (nSPS) is 15.5. The van der Waals surface area contributed by atoms with Gasteiger partial charge in [0.05, 0.1) is 17.1 Å². The van der Waals surface area contributed by atoms with Gasteiger partial charge in [-0.05, 0) is 19.1 Å². The van der Waals surface area contributed by atoms with Crippen molar-refractivity contribution >= 4 is 17.5 Å². The highest BCUT2D eigenvalue weighted by Crippen LogP contribution is 2.21. The minimum absolute atomic E-state index is 0.165. The largest absolute Gasteiger partial charge is 0.368 e. The van der Waals surface area contributed by atoms with Gasteiger partial charge in [0, 0.05) is 45.8 Å². The molecular formula is C16H22N6O2. The molecule has 2 aromatic rings. The number of hydrogen-bond acceptors (Lipinski definition) is 7. The van der Waals surface area contributed by atoms with Crippen LogP contribution in [0.25, 0.3) is 0 Å². The van der Waals surface area contributed by atoms with Crippen molar-refractivity contribution in [1.29, 1.82) is 0 Å². The number of carbonyl (C=O) groups excluding carboxylic acids is 1. The molecule has 8 heteroatoms. The molecule has 3 heterocycles. The summed E-state index contributed by atoms with van der Waals surface area (Å²) < 4.78 is 4.90. The first-order chi connectivity index (χ1) is 11.6. The Morgan fingerprint density at radius 1 is 1.33 bits per heavy atom. The van der Waals surface area contributed by atoms with Gasteiger partial charge < -0.3 is 20.5 Å². The molecule has 3 N–H and O–H groups in total. The maximum absolute atomic E-state index is 11.7. The Morgan fingerprint density at radius 3 is 2.67 bits per heavy atom. The fraction of sp³-hybridized carbons (Fsp3) is 0.438. The van der Waals surface area contributed by atoms with Gasteiger partial charge in [-0.1, -0.05) is 5.16 Å². The Labute approximate surface area is 140 Å². The first-order valence-electron chi connectivity index (χ1n) is 7.95. The van der Waals surface area contributed by atoms with Gasteiger partial charge in [0.15, 0.2) is 0 Å². The summed E-state index contributed by atoms with van der Waals surface area (Å²) in [5.41, 5.74) is 8.80. The first kappa shape index (κ1) is 16.3. The van der Waals surface area contributed by atoms with Gasteiger partial charge >= 0.3 is 0 Å². The lowest BCUT2D eigenvalue weighted by Crippen LogP contribution is -2.46. The zero-order chi connectivity index (χ0) is 17.1. The van der Waals surface area contributed by atoms with Crippen LogP contribution in [0.3, 0.4) is 0 Å². The molecule has 24 heavy (non-hydrogen) atoms. The smallest absolute Gasteiger partial charge is 0.269 e. The number of rotatable bonds is 4. The molecular weight excluding hydrogens is 308 g/mol. The van der Waals surface area contributed by atoms with E-state index >= 15 is 0 Å². The standard InChI is InChI=1S/C16H22N6O2/c1-11-14(4-3-13(19-11)16(23)18-2)22-7-5-21(6-8-22)10-12-9-15(17)24-20-12/h3-4,9H,5-8,10,17H2,1-2H3,(H,18,23). The topological polar surface area (TPSA) is 101 Å². The summed E-state index contributed by atoms with van der Waals surface area (Å²) in [6.07, 6.45) is 0. The highest BCUT2D eigenvalue weighted by molar-refractivity contribution is 5.92. The van der Waals surface area contributed by atoms with Gasteiger partial charge in [0.1, 0.15) is 5.69 Å². The number of nitrogens with zero attached hydrogens (tertiary/aromatic N) is 4. The summed E-state index contributed by atoms with van der Waals surface area (Å²) in [7, 11) is 1.61. The predicted octanol–water partition coefficient (Wildman–Crippen LogP) is 0.642. The molecule has 8 nitrogen and oxygen atoms in total. The number of amides is 1. The molecule has 1 aliphatic heterocycles. The number of piperazine rings is 1. The number of nitrogens with one attached hydrogen (secondary N) is 1. The van der Waals surface area contributed by atoms with Crippen LogP contribution in [0.1, 0.15) is 21.9 Å². The number of nitrogens with two attached hydrogens (primary N) is 1. The molecule has 0 bridgehead atoms. The highest BCUT2D eigenvalue weighted by atomic mass is 16.5. The Hall–Kier alpha value is -2.61. The summed E-state index contributed by atoms with van der Waals surface area (Å²) in [4.78, 5) is 20.7. The van der Waals surface area contributed by atoms with Crippen LogP contribution in [0.2, 0.25) is 0 Å². The summed E-state index contributed by atoms with van der Waals surface area (Å²) in [5, 5.41) is 6.53. The van der Waals surface area contributed by atoms with Crippen molar-refractivity contribution < 1.29 is 9.32 Å².